The van der Waals surface area contributed by atoms with Gasteiger partial charge in [-0.2, -0.15) is 0 Å². The Morgan fingerprint density at radius 1 is 1.92 bits per heavy atom. The molecule has 1 aromatic heterocycles. The van der Waals surface area contributed by atoms with Gasteiger partial charge in [0.2, 0.25) is 0 Å². The van der Waals surface area contributed by atoms with Crippen molar-refractivity contribution in [3.05, 3.63) is 11.1 Å². The van der Waals surface area contributed by atoms with Crippen molar-refractivity contribution in [2.24, 2.45) is 5.73 Å². The molecule has 66 valence electrons. The van der Waals surface area contributed by atoms with Gasteiger partial charge in [-0.25, -0.2) is 4.98 Å². The van der Waals surface area contributed by atoms with E-state index in [2.05, 4.69) is 10.3 Å². The molecule has 1 aromatic rings. The topological polar surface area (TPSA) is 88.2 Å². The van der Waals surface area contributed by atoms with Gasteiger partial charge in [-0.05, 0) is 0 Å². The average Bonchev–Trinajstić information content (AvgIpc) is 2.50. The van der Waals surface area contributed by atoms with Crippen LogP contribution in [-0.2, 0) is 4.79 Å². The van der Waals surface area contributed by atoms with Crippen LogP contribution in [0.4, 0.5) is 5.13 Å². The molecule has 0 saturated heterocycles. The van der Waals surface area contributed by atoms with Crippen molar-refractivity contribution in [1.82, 2.24) is 4.98 Å². The summed E-state index contributed by atoms with van der Waals surface area (Å²) in [7, 11) is 1.72. The second-order valence-electron chi connectivity index (χ2n) is 2.14. The molecule has 1 atom stereocenters. The summed E-state index contributed by atoms with van der Waals surface area (Å²) in [6.07, 6.45) is 0. The number of rotatable bonds is 3. The van der Waals surface area contributed by atoms with Crippen LogP contribution in [-0.4, -0.2) is 23.1 Å². The Bertz CT molecular complexity index is 286. The van der Waals surface area contributed by atoms with E-state index in [1.807, 2.05) is 0 Å². The van der Waals surface area contributed by atoms with E-state index in [-0.39, 0.29) is 0 Å². The summed E-state index contributed by atoms with van der Waals surface area (Å²) >= 11 is 1.33. The van der Waals surface area contributed by atoms with Crippen LogP contribution in [0.15, 0.2) is 5.38 Å². The number of nitrogens with two attached hydrogens (primary N) is 1. The monoisotopic (exact) mass is 187 g/mol. The molecule has 0 fully saturated rings. The van der Waals surface area contributed by atoms with Crippen LogP contribution in [0.1, 0.15) is 11.7 Å². The number of carbonyl (C=O) groups is 1. The van der Waals surface area contributed by atoms with E-state index in [1.54, 1.807) is 12.4 Å². The molecule has 5 nitrogen and oxygen atoms in total. The van der Waals surface area contributed by atoms with E-state index in [1.165, 1.54) is 11.3 Å². The van der Waals surface area contributed by atoms with Gasteiger partial charge in [-0.1, -0.05) is 0 Å². The molecule has 0 bridgehead atoms. The maximum atomic E-state index is 10.4. The van der Waals surface area contributed by atoms with Crippen LogP contribution in [0.5, 0.6) is 0 Å². The molecule has 0 radical (unpaired) electrons. The fourth-order valence-electron chi connectivity index (χ4n) is 0.670. The first kappa shape index (κ1) is 8.95. The molecule has 0 aliphatic carbocycles. The number of carboxylic acid groups (broad SMARTS) is 1. The zero-order valence-electron chi connectivity index (χ0n) is 6.44. The number of thiazole rings is 1. The van der Waals surface area contributed by atoms with E-state index in [9.17, 15) is 4.79 Å². The molecule has 0 spiro atoms. The highest BCUT2D eigenvalue weighted by Gasteiger charge is 2.16. The van der Waals surface area contributed by atoms with Gasteiger partial charge in [0.25, 0.3) is 0 Å². The summed E-state index contributed by atoms with van der Waals surface area (Å²) in [5.74, 6) is -1.07. The number of aliphatic carboxylic acids is 1. The van der Waals surface area contributed by atoms with E-state index in [4.69, 9.17) is 10.8 Å². The van der Waals surface area contributed by atoms with E-state index in [0.717, 1.165) is 0 Å². The molecule has 6 heteroatoms. The van der Waals surface area contributed by atoms with Crippen LogP contribution in [0.25, 0.3) is 0 Å². The molecular formula is C6H9N3O2S. The molecule has 1 unspecified atom stereocenters. The highest BCUT2D eigenvalue weighted by atomic mass is 32.1. The second-order valence-corrected chi connectivity index (χ2v) is 3.00. The van der Waals surface area contributed by atoms with Gasteiger partial charge < -0.3 is 16.2 Å². The second kappa shape index (κ2) is 3.51. The van der Waals surface area contributed by atoms with Crippen LogP contribution in [0.2, 0.25) is 0 Å². The van der Waals surface area contributed by atoms with Gasteiger partial charge in [0.15, 0.2) is 5.13 Å². The van der Waals surface area contributed by atoms with Crippen LogP contribution in [0.3, 0.4) is 0 Å². The maximum Gasteiger partial charge on any atom is 0.326 e. The standard InChI is InChI=1S/C6H9N3O2S/c1-8-6-9-3(2-12-6)4(7)5(10)11/h2,4H,7H2,1H3,(H,8,9)(H,10,11). The molecule has 12 heavy (non-hydrogen) atoms. The predicted molar refractivity (Wildman–Crippen MR) is 46.2 cm³/mol. The lowest BCUT2D eigenvalue weighted by atomic mass is 10.2. The fraction of sp³-hybridized carbons (Fsp3) is 0.333. The fourth-order valence-corrected chi connectivity index (χ4v) is 1.38. The number of hydrogen-bond acceptors (Lipinski definition) is 5. The number of nitrogens with one attached hydrogen (secondary N) is 1. The van der Waals surface area contributed by atoms with Crippen molar-refractivity contribution < 1.29 is 9.90 Å². The van der Waals surface area contributed by atoms with Crippen molar-refractivity contribution in [2.45, 2.75) is 6.04 Å². The van der Waals surface area contributed by atoms with Gasteiger partial charge in [0.05, 0.1) is 5.69 Å². The summed E-state index contributed by atoms with van der Waals surface area (Å²) in [6.45, 7) is 0. The summed E-state index contributed by atoms with van der Waals surface area (Å²) in [4.78, 5) is 14.4. The van der Waals surface area contributed by atoms with Crippen molar-refractivity contribution >= 4 is 22.4 Å². The third-order valence-corrected chi connectivity index (χ3v) is 2.20. The first-order valence-electron chi connectivity index (χ1n) is 3.26. The minimum Gasteiger partial charge on any atom is -0.480 e. The Kier molecular flexibility index (Phi) is 2.61. The molecule has 0 saturated carbocycles. The maximum absolute atomic E-state index is 10.4. The smallest absolute Gasteiger partial charge is 0.326 e. The van der Waals surface area contributed by atoms with Crippen molar-refractivity contribution in [1.29, 1.82) is 0 Å². The predicted octanol–water partition coefficient (Wildman–Crippen LogP) is 0.269. The first-order valence-corrected chi connectivity index (χ1v) is 4.14. The largest absolute Gasteiger partial charge is 0.480 e. The Morgan fingerprint density at radius 3 is 3.00 bits per heavy atom. The Balaban J connectivity index is 2.81. The summed E-state index contributed by atoms with van der Waals surface area (Å²) < 4.78 is 0. The zero-order chi connectivity index (χ0) is 9.14. The van der Waals surface area contributed by atoms with Crippen LogP contribution < -0.4 is 11.1 Å². The molecule has 0 aromatic carbocycles. The Morgan fingerprint density at radius 2 is 2.58 bits per heavy atom. The number of anilines is 1. The molecule has 1 heterocycles. The number of aromatic nitrogens is 1. The number of carboxylic acids is 1. The minimum absolute atomic E-state index is 0.386. The van der Waals surface area contributed by atoms with Gasteiger partial charge in [-0.3, -0.25) is 4.79 Å². The summed E-state index contributed by atoms with van der Waals surface area (Å²) in [6, 6.07) is -1.02. The SMILES string of the molecule is CNc1nc(C(N)C(=O)O)cs1. The lowest BCUT2D eigenvalue weighted by molar-refractivity contribution is -0.138. The van der Waals surface area contributed by atoms with Crippen molar-refractivity contribution in [2.75, 3.05) is 12.4 Å². The van der Waals surface area contributed by atoms with E-state index in [0.29, 0.717) is 10.8 Å². The first-order chi connectivity index (χ1) is 5.65. The quantitative estimate of drug-likeness (QED) is 0.632. The highest BCUT2D eigenvalue weighted by molar-refractivity contribution is 7.13. The Labute approximate surface area is 73.2 Å². The molecule has 0 amide bonds. The van der Waals surface area contributed by atoms with Crippen molar-refractivity contribution in [3.63, 3.8) is 0 Å². The highest BCUT2D eigenvalue weighted by Crippen LogP contribution is 2.18. The third kappa shape index (κ3) is 1.72. The van der Waals surface area contributed by atoms with Gasteiger partial charge in [0.1, 0.15) is 6.04 Å². The van der Waals surface area contributed by atoms with E-state index < -0.39 is 12.0 Å². The van der Waals surface area contributed by atoms with E-state index >= 15 is 0 Å². The number of nitrogens with zero attached hydrogens (tertiary/aromatic N) is 1. The minimum atomic E-state index is -1.07. The molecule has 0 aliphatic rings. The third-order valence-electron chi connectivity index (χ3n) is 1.32. The summed E-state index contributed by atoms with van der Waals surface area (Å²) in [5, 5.41) is 13.6. The average molecular weight is 187 g/mol. The molecule has 4 N–H and O–H groups in total. The Hall–Kier alpha value is -1.14. The van der Waals surface area contributed by atoms with Gasteiger partial charge in [0, 0.05) is 12.4 Å². The molecule has 1 rings (SSSR count). The van der Waals surface area contributed by atoms with Crippen molar-refractivity contribution in [3.8, 4) is 0 Å². The number of hydrogen-bond donors (Lipinski definition) is 3. The zero-order valence-corrected chi connectivity index (χ0v) is 7.26. The normalized spacial score (nSPS) is 12.5. The summed E-state index contributed by atoms with van der Waals surface area (Å²) in [5.41, 5.74) is 5.71. The molecular weight excluding hydrogens is 178 g/mol. The van der Waals surface area contributed by atoms with Gasteiger partial charge in [-0.15, -0.1) is 11.3 Å². The lowest BCUT2D eigenvalue weighted by Crippen LogP contribution is -2.20. The van der Waals surface area contributed by atoms with Crippen LogP contribution in [0, 0.1) is 0 Å². The van der Waals surface area contributed by atoms with Crippen LogP contribution >= 0.6 is 11.3 Å². The van der Waals surface area contributed by atoms with Gasteiger partial charge >= 0.3 is 5.97 Å². The lowest BCUT2D eigenvalue weighted by Gasteiger charge is -1.99. The molecule has 0 aliphatic heterocycles.